The second kappa shape index (κ2) is 10.6. The molecule has 0 unspecified atom stereocenters. The highest BCUT2D eigenvalue weighted by Crippen LogP contribution is 2.25. The van der Waals surface area contributed by atoms with Gasteiger partial charge in [0.15, 0.2) is 5.13 Å². The number of amides is 2. The second-order valence-electron chi connectivity index (χ2n) is 6.21. The zero-order valence-corrected chi connectivity index (χ0v) is 17.5. The van der Waals surface area contributed by atoms with Gasteiger partial charge in [0.1, 0.15) is 0 Å². The molecule has 0 saturated carbocycles. The molecule has 3 rings (SSSR count). The first kappa shape index (κ1) is 21.5. The Labute approximate surface area is 181 Å². The molecule has 3 aromatic rings. The fourth-order valence-electron chi connectivity index (χ4n) is 2.46. The summed E-state index contributed by atoms with van der Waals surface area (Å²) in [6.45, 7) is 0. The number of aromatic nitrogens is 1. The fraction of sp³-hybridized carbons (Fsp3) is 0.143. The third kappa shape index (κ3) is 6.71. The van der Waals surface area contributed by atoms with E-state index in [1.807, 2.05) is 35.7 Å². The van der Waals surface area contributed by atoms with Crippen LogP contribution in [0.4, 0.5) is 10.8 Å². The van der Waals surface area contributed by atoms with Gasteiger partial charge in [0, 0.05) is 27.9 Å². The number of benzene rings is 2. The van der Waals surface area contributed by atoms with E-state index in [1.165, 1.54) is 23.1 Å². The monoisotopic (exact) mass is 441 g/mol. The van der Waals surface area contributed by atoms with Crippen molar-refractivity contribution in [1.82, 2.24) is 4.98 Å². The van der Waals surface area contributed by atoms with Gasteiger partial charge in [-0.05, 0) is 24.3 Å². The van der Waals surface area contributed by atoms with Crippen LogP contribution in [-0.2, 0) is 14.4 Å². The first-order valence-electron chi connectivity index (χ1n) is 9.05. The average molecular weight is 442 g/mol. The van der Waals surface area contributed by atoms with Gasteiger partial charge in [-0.2, -0.15) is 0 Å². The lowest BCUT2D eigenvalue weighted by Gasteiger charge is -2.06. The number of thioether (sulfide) groups is 1. The van der Waals surface area contributed by atoms with Crippen molar-refractivity contribution in [3.05, 3.63) is 60.0 Å². The second-order valence-corrected chi connectivity index (χ2v) is 8.11. The molecule has 3 N–H and O–H groups in total. The summed E-state index contributed by atoms with van der Waals surface area (Å²) in [6, 6.07) is 16.8. The molecular formula is C21H19N3O4S2. The van der Waals surface area contributed by atoms with Crippen LogP contribution in [0.15, 0.2) is 64.9 Å². The van der Waals surface area contributed by atoms with E-state index in [9.17, 15) is 14.4 Å². The van der Waals surface area contributed by atoms with Crippen molar-refractivity contribution in [1.29, 1.82) is 0 Å². The lowest BCUT2D eigenvalue weighted by Crippen LogP contribution is -2.14. The molecule has 1 heterocycles. The third-order valence-corrected chi connectivity index (χ3v) is 5.66. The summed E-state index contributed by atoms with van der Waals surface area (Å²) in [5.41, 5.74) is 2.40. The molecule has 30 heavy (non-hydrogen) atoms. The van der Waals surface area contributed by atoms with Gasteiger partial charge < -0.3 is 15.7 Å². The predicted octanol–water partition coefficient (Wildman–Crippen LogP) is 4.34. The number of carbonyl (C=O) groups is 3. The van der Waals surface area contributed by atoms with Crippen molar-refractivity contribution in [2.75, 3.05) is 16.4 Å². The number of hydrogen-bond acceptors (Lipinski definition) is 6. The van der Waals surface area contributed by atoms with Crippen molar-refractivity contribution >= 4 is 51.7 Å². The van der Waals surface area contributed by atoms with Crippen LogP contribution in [0.2, 0.25) is 0 Å². The SMILES string of the molecule is O=C(O)CCC(=O)Nc1ccc(SCC(=O)Nc2nc(-c3ccccc3)cs2)cc1. The first-order chi connectivity index (χ1) is 14.5. The van der Waals surface area contributed by atoms with Gasteiger partial charge in [0.25, 0.3) is 0 Å². The van der Waals surface area contributed by atoms with Gasteiger partial charge in [0.2, 0.25) is 11.8 Å². The van der Waals surface area contributed by atoms with E-state index < -0.39 is 5.97 Å². The minimum Gasteiger partial charge on any atom is -0.481 e. The minimum atomic E-state index is -1.01. The van der Waals surface area contributed by atoms with Crippen molar-refractivity contribution < 1.29 is 19.5 Å². The van der Waals surface area contributed by atoms with Crippen LogP contribution in [0.1, 0.15) is 12.8 Å². The molecule has 0 spiro atoms. The topological polar surface area (TPSA) is 108 Å². The zero-order valence-electron chi connectivity index (χ0n) is 15.8. The summed E-state index contributed by atoms with van der Waals surface area (Å²) in [5, 5.41) is 16.5. The molecule has 154 valence electrons. The molecule has 0 aliphatic carbocycles. The fourth-order valence-corrected chi connectivity index (χ4v) is 3.89. The number of carbonyl (C=O) groups excluding carboxylic acids is 2. The largest absolute Gasteiger partial charge is 0.481 e. The lowest BCUT2D eigenvalue weighted by atomic mass is 10.2. The van der Waals surface area contributed by atoms with Gasteiger partial charge in [0.05, 0.1) is 17.9 Å². The van der Waals surface area contributed by atoms with Gasteiger partial charge in [-0.3, -0.25) is 14.4 Å². The number of anilines is 2. The van der Waals surface area contributed by atoms with Crippen LogP contribution >= 0.6 is 23.1 Å². The Balaban J connectivity index is 1.45. The molecular weight excluding hydrogens is 422 g/mol. The van der Waals surface area contributed by atoms with Gasteiger partial charge in [-0.1, -0.05) is 30.3 Å². The molecule has 2 aromatic carbocycles. The molecule has 0 saturated heterocycles. The maximum atomic E-state index is 12.2. The van der Waals surface area contributed by atoms with E-state index in [1.54, 1.807) is 24.3 Å². The smallest absolute Gasteiger partial charge is 0.303 e. The lowest BCUT2D eigenvalue weighted by molar-refractivity contribution is -0.138. The molecule has 1 aromatic heterocycles. The number of hydrogen-bond donors (Lipinski definition) is 3. The number of thiazole rings is 1. The molecule has 0 bridgehead atoms. The Hall–Kier alpha value is -3.17. The Kier molecular flexibility index (Phi) is 7.58. The highest BCUT2D eigenvalue weighted by molar-refractivity contribution is 8.00. The number of nitrogens with one attached hydrogen (secondary N) is 2. The maximum absolute atomic E-state index is 12.2. The van der Waals surface area contributed by atoms with Crippen LogP contribution in [0.25, 0.3) is 11.3 Å². The van der Waals surface area contributed by atoms with E-state index in [4.69, 9.17) is 5.11 Å². The van der Waals surface area contributed by atoms with Crippen LogP contribution in [0.3, 0.4) is 0 Å². The first-order valence-corrected chi connectivity index (χ1v) is 10.9. The average Bonchev–Trinajstić information content (AvgIpc) is 3.21. The summed E-state index contributed by atoms with van der Waals surface area (Å²) in [5.74, 6) is -1.29. The molecule has 7 nitrogen and oxygen atoms in total. The van der Waals surface area contributed by atoms with E-state index in [-0.39, 0.29) is 30.4 Å². The molecule has 0 atom stereocenters. The number of rotatable bonds is 9. The summed E-state index contributed by atoms with van der Waals surface area (Å²) in [4.78, 5) is 39.7. The standard InChI is InChI=1S/C21H19N3O4S2/c25-18(10-11-20(27)28)22-15-6-8-16(9-7-15)29-13-19(26)24-21-23-17(12-30-21)14-4-2-1-3-5-14/h1-9,12H,10-11,13H2,(H,22,25)(H,27,28)(H,23,24,26). The highest BCUT2D eigenvalue weighted by Gasteiger charge is 2.09. The molecule has 0 aliphatic rings. The van der Waals surface area contributed by atoms with Crippen molar-refractivity contribution in [3.63, 3.8) is 0 Å². The Bertz CT molecular complexity index is 1020. The number of carboxylic acids is 1. The zero-order chi connectivity index (χ0) is 21.3. The molecule has 0 radical (unpaired) electrons. The van der Waals surface area contributed by atoms with Crippen LogP contribution < -0.4 is 10.6 Å². The van der Waals surface area contributed by atoms with Crippen molar-refractivity contribution in [3.8, 4) is 11.3 Å². The molecule has 0 aliphatic heterocycles. The van der Waals surface area contributed by atoms with Crippen LogP contribution in [0.5, 0.6) is 0 Å². The summed E-state index contributed by atoms with van der Waals surface area (Å²) >= 11 is 2.75. The summed E-state index contributed by atoms with van der Waals surface area (Å²) < 4.78 is 0. The normalized spacial score (nSPS) is 10.4. The molecule has 9 heteroatoms. The molecule has 2 amide bonds. The third-order valence-electron chi connectivity index (χ3n) is 3.89. The number of carboxylic acid groups (broad SMARTS) is 1. The van der Waals surface area contributed by atoms with Crippen molar-refractivity contribution in [2.24, 2.45) is 0 Å². The quantitative estimate of drug-likeness (QED) is 0.426. The van der Waals surface area contributed by atoms with E-state index >= 15 is 0 Å². The van der Waals surface area contributed by atoms with Gasteiger partial charge in [-0.25, -0.2) is 4.98 Å². The van der Waals surface area contributed by atoms with Gasteiger partial charge >= 0.3 is 5.97 Å². The maximum Gasteiger partial charge on any atom is 0.303 e. The van der Waals surface area contributed by atoms with Crippen LogP contribution in [-0.4, -0.2) is 33.6 Å². The summed E-state index contributed by atoms with van der Waals surface area (Å²) in [7, 11) is 0. The Morgan fingerprint density at radius 1 is 0.933 bits per heavy atom. The van der Waals surface area contributed by atoms with Crippen LogP contribution in [0, 0.1) is 0 Å². The van der Waals surface area contributed by atoms with E-state index in [0.29, 0.717) is 10.8 Å². The minimum absolute atomic E-state index is 0.0747. The molecule has 0 fully saturated rings. The highest BCUT2D eigenvalue weighted by atomic mass is 32.2. The number of nitrogens with zero attached hydrogens (tertiary/aromatic N) is 1. The van der Waals surface area contributed by atoms with Gasteiger partial charge in [-0.15, -0.1) is 23.1 Å². The van der Waals surface area contributed by atoms with Crippen molar-refractivity contribution in [2.45, 2.75) is 17.7 Å². The number of aliphatic carboxylic acids is 1. The van der Waals surface area contributed by atoms with E-state index in [2.05, 4.69) is 15.6 Å². The predicted molar refractivity (Wildman–Crippen MR) is 119 cm³/mol. The Morgan fingerprint density at radius 3 is 2.37 bits per heavy atom. The van der Waals surface area contributed by atoms with E-state index in [0.717, 1.165) is 16.2 Å². The summed E-state index contributed by atoms with van der Waals surface area (Å²) in [6.07, 6.45) is -0.282. The Morgan fingerprint density at radius 2 is 1.67 bits per heavy atom.